The topological polar surface area (TPSA) is 158 Å². The standard InChI is InChI=1S/C19H24ClN9O.ClH/c20-15-17(22)27-16(21)14(26-15)18(30)28-19(23)25-13-10-29(7-4-11(13)5-8-29)9-12-3-1-2-6-24-12;/h1-3,6,11,13H,4-5,7-10H2,(H6-,21,22,23,25,27,28,30);1H/t11?,13-,29?;/m1./s1. The number of hydrogen-bond acceptors (Lipinski definition) is 7. The molecule has 2 aromatic heterocycles. The van der Waals surface area contributed by atoms with Crippen LogP contribution in [0.5, 0.6) is 0 Å². The predicted octanol–water partition coefficient (Wildman–Crippen LogP) is -2.45. The second kappa shape index (κ2) is 9.21. The Bertz CT molecular complexity index is 978. The van der Waals surface area contributed by atoms with Crippen LogP contribution in [-0.2, 0) is 6.54 Å². The van der Waals surface area contributed by atoms with Crippen LogP contribution in [0.2, 0.25) is 5.15 Å². The van der Waals surface area contributed by atoms with Crippen molar-refractivity contribution in [3.8, 4) is 0 Å². The number of halogens is 2. The van der Waals surface area contributed by atoms with Crippen LogP contribution in [-0.4, -0.2) is 57.0 Å². The summed E-state index contributed by atoms with van der Waals surface area (Å²) in [7, 11) is 0. The van der Waals surface area contributed by atoms with Crippen molar-refractivity contribution in [3.05, 3.63) is 40.9 Å². The SMILES string of the molecule is NC(=N[C@@H]1C[N+]2(Cc3ccccn3)CCC1CC2)NC(=O)c1nc(Cl)c(N)nc1N.[Cl-]. The number of guanidine groups is 1. The molecule has 2 bridgehead atoms. The van der Waals surface area contributed by atoms with Crippen molar-refractivity contribution in [2.75, 3.05) is 31.1 Å². The molecule has 1 atom stereocenters. The number of pyridine rings is 1. The zero-order valence-electron chi connectivity index (χ0n) is 16.8. The number of nitrogens with one attached hydrogen (secondary N) is 1. The molecule has 0 radical (unpaired) electrons. The Kier molecular flexibility index (Phi) is 6.83. The Labute approximate surface area is 191 Å². The molecule has 3 aliphatic rings. The largest absolute Gasteiger partial charge is 1.00 e. The first-order valence-corrected chi connectivity index (χ1v) is 10.2. The number of quaternary nitrogens is 1. The first-order chi connectivity index (χ1) is 14.3. The van der Waals surface area contributed by atoms with E-state index in [1.165, 1.54) is 0 Å². The van der Waals surface area contributed by atoms with Gasteiger partial charge in [0, 0.05) is 19.0 Å². The Morgan fingerprint density at radius 1 is 1.23 bits per heavy atom. The van der Waals surface area contributed by atoms with Gasteiger partial charge in [-0.3, -0.25) is 15.1 Å². The summed E-state index contributed by atoms with van der Waals surface area (Å²) in [5, 5.41) is 2.45. The Balaban J connectivity index is 0.00000272. The Morgan fingerprint density at radius 3 is 2.65 bits per heavy atom. The number of carbonyl (C=O) groups is 1. The number of nitrogen functional groups attached to an aromatic ring is 2. The van der Waals surface area contributed by atoms with E-state index in [2.05, 4.69) is 31.3 Å². The fourth-order valence-electron chi connectivity index (χ4n) is 4.45. The van der Waals surface area contributed by atoms with E-state index >= 15 is 0 Å². The number of aliphatic imine (C=N–C) groups is 1. The summed E-state index contributed by atoms with van der Waals surface area (Å²) >= 11 is 5.84. The number of piperidine rings is 3. The van der Waals surface area contributed by atoms with Gasteiger partial charge < -0.3 is 34.1 Å². The molecule has 0 aliphatic carbocycles. The van der Waals surface area contributed by atoms with Gasteiger partial charge in [0.15, 0.2) is 28.4 Å². The lowest BCUT2D eigenvalue weighted by Crippen LogP contribution is -3.00. The van der Waals surface area contributed by atoms with E-state index < -0.39 is 5.91 Å². The number of nitrogens with two attached hydrogens (primary N) is 3. The third-order valence-electron chi connectivity index (χ3n) is 5.96. The van der Waals surface area contributed by atoms with Crippen LogP contribution in [0.3, 0.4) is 0 Å². The normalized spacial score (nSPS) is 25.0. The number of aromatic nitrogens is 3. The van der Waals surface area contributed by atoms with E-state index in [1.807, 2.05) is 18.3 Å². The van der Waals surface area contributed by atoms with Crippen LogP contribution in [0.4, 0.5) is 11.6 Å². The number of nitrogens with zero attached hydrogens (tertiary/aromatic N) is 5. The molecule has 3 saturated heterocycles. The van der Waals surface area contributed by atoms with Crippen molar-refractivity contribution < 1.29 is 21.7 Å². The van der Waals surface area contributed by atoms with Gasteiger partial charge in [0.25, 0.3) is 5.91 Å². The average molecular weight is 466 g/mol. The maximum absolute atomic E-state index is 12.5. The number of anilines is 2. The fourth-order valence-corrected chi connectivity index (χ4v) is 4.57. The highest BCUT2D eigenvalue weighted by Crippen LogP contribution is 2.36. The molecule has 3 aliphatic heterocycles. The van der Waals surface area contributed by atoms with Crippen LogP contribution in [0.15, 0.2) is 29.4 Å². The summed E-state index contributed by atoms with van der Waals surface area (Å²) in [6, 6.07) is 6.03. The molecule has 0 saturated carbocycles. The summed E-state index contributed by atoms with van der Waals surface area (Å²) in [5.41, 5.74) is 18.3. The number of fused-ring (bicyclic) bond motifs is 3. The molecule has 0 spiro atoms. The van der Waals surface area contributed by atoms with Gasteiger partial charge in [-0.2, -0.15) is 0 Å². The molecule has 3 fully saturated rings. The molecule has 31 heavy (non-hydrogen) atoms. The molecule has 0 aromatic carbocycles. The van der Waals surface area contributed by atoms with Crippen LogP contribution in [0.1, 0.15) is 29.0 Å². The van der Waals surface area contributed by atoms with Crippen molar-refractivity contribution >= 4 is 35.1 Å². The number of hydrogen-bond donors (Lipinski definition) is 4. The molecule has 5 heterocycles. The van der Waals surface area contributed by atoms with Gasteiger partial charge in [-0.05, 0) is 18.1 Å². The quantitative estimate of drug-likeness (QED) is 0.221. The van der Waals surface area contributed by atoms with Gasteiger partial charge in [-0.25, -0.2) is 15.0 Å². The first kappa shape index (κ1) is 23.0. The molecular formula is C19H25Cl2N9O. The third-order valence-corrected chi connectivity index (χ3v) is 6.24. The van der Waals surface area contributed by atoms with Gasteiger partial charge in [-0.15, -0.1) is 0 Å². The molecule has 0 unspecified atom stereocenters. The molecule has 166 valence electrons. The number of carbonyl (C=O) groups excluding carboxylic acids is 1. The summed E-state index contributed by atoms with van der Waals surface area (Å²) < 4.78 is 0.939. The minimum atomic E-state index is -0.623. The van der Waals surface area contributed by atoms with E-state index in [0.29, 0.717) is 5.92 Å². The highest BCUT2D eigenvalue weighted by molar-refractivity contribution is 6.31. The lowest BCUT2D eigenvalue weighted by atomic mass is 9.81. The van der Waals surface area contributed by atoms with Crippen molar-refractivity contribution in [1.82, 2.24) is 20.3 Å². The van der Waals surface area contributed by atoms with E-state index in [0.717, 1.165) is 49.2 Å². The zero-order chi connectivity index (χ0) is 21.3. The first-order valence-electron chi connectivity index (χ1n) is 9.83. The van der Waals surface area contributed by atoms with Gasteiger partial charge in [0.05, 0.1) is 18.8 Å². The van der Waals surface area contributed by atoms with E-state index in [-0.39, 0.29) is 46.9 Å². The van der Waals surface area contributed by atoms with Crippen molar-refractivity contribution in [1.29, 1.82) is 0 Å². The summed E-state index contributed by atoms with van der Waals surface area (Å²) in [6.07, 6.45) is 3.98. The minimum Gasteiger partial charge on any atom is -1.00 e. The lowest BCUT2D eigenvalue weighted by Gasteiger charge is -2.51. The van der Waals surface area contributed by atoms with Crippen molar-refractivity contribution in [3.63, 3.8) is 0 Å². The van der Waals surface area contributed by atoms with Crippen LogP contribution >= 0.6 is 11.6 Å². The highest BCUT2D eigenvalue weighted by Gasteiger charge is 2.46. The minimum absolute atomic E-state index is 0. The molecule has 2 aromatic rings. The van der Waals surface area contributed by atoms with E-state index in [4.69, 9.17) is 28.8 Å². The van der Waals surface area contributed by atoms with E-state index in [9.17, 15) is 4.79 Å². The summed E-state index contributed by atoms with van der Waals surface area (Å²) in [6.45, 7) is 3.96. The fraction of sp³-hybridized carbons (Fsp3) is 0.421. The highest BCUT2D eigenvalue weighted by atomic mass is 35.5. The number of rotatable bonds is 4. The molecule has 1 amide bonds. The van der Waals surface area contributed by atoms with Crippen LogP contribution in [0, 0.1) is 5.92 Å². The van der Waals surface area contributed by atoms with Crippen LogP contribution < -0.4 is 34.9 Å². The number of amides is 1. The lowest BCUT2D eigenvalue weighted by molar-refractivity contribution is -0.956. The maximum atomic E-state index is 12.5. The molecular weight excluding hydrogens is 441 g/mol. The zero-order valence-corrected chi connectivity index (χ0v) is 18.4. The van der Waals surface area contributed by atoms with Gasteiger partial charge >= 0.3 is 0 Å². The van der Waals surface area contributed by atoms with Gasteiger partial charge in [0.2, 0.25) is 0 Å². The Hall–Kier alpha value is -2.69. The van der Waals surface area contributed by atoms with Gasteiger partial charge in [0.1, 0.15) is 19.1 Å². The van der Waals surface area contributed by atoms with Crippen LogP contribution in [0.25, 0.3) is 0 Å². The maximum Gasteiger partial charge on any atom is 0.280 e. The summed E-state index contributed by atoms with van der Waals surface area (Å²) in [5.74, 6) is -0.294. The second-order valence-electron chi connectivity index (χ2n) is 7.96. The molecule has 10 nitrogen and oxygen atoms in total. The summed E-state index contributed by atoms with van der Waals surface area (Å²) in [4.78, 5) is 29.3. The second-order valence-corrected chi connectivity index (χ2v) is 8.32. The van der Waals surface area contributed by atoms with Crippen molar-refractivity contribution in [2.45, 2.75) is 25.4 Å². The molecule has 5 rings (SSSR count). The molecule has 12 heteroatoms. The Morgan fingerprint density at radius 2 is 1.97 bits per heavy atom. The average Bonchev–Trinajstić information content (AvgIpc) is 2.71. The van der Waals surface area contributed by atoms with Crippen molar-refractivity contribution in [2.24, 2.45) is 16.6 Å². The van der Waals surface area contributed by atoms with E-state index in [1.54, 1.807) is 0 Å². The predicted molar refractivity (Wildman–Crippen MR) is 114 cm³/mol. The van der Waals surface area contributed by atoms with Gasteiger partial charge in [-0.1, -0.05) is 17.7 Å². The monoisotopic (exact) mass is 465 g/mol. The third kappa shape index (κ3) is 4.97. The smallest absolute Gasteiger partial charge is 0.280 e. The molecule has 7 N–H and O–H groups in total.